The number of ether oxygens (including phenoxy) is 1. The minimum Gasteiger partial charge on any atom is -0.444 e. The Morgan fingerprint density at radius 3 is 2.61 bits per heavy atom. The Morgan fingerprint density at radius 1 is 1.19 bits per heavy atom. The highest BCUT2D eigenvalue weighted by atomic mass is 19.1. The fourth-order valence-electron chi connectivity index (χ4n) is 2.85. The number of nitrogens with zero attached hydrogens (tertiary/aromatic N) is 3. The molecule has 0 unspecified atom stereocenters. The molecule has 1 saturated carbocycles. The van der Waals surface area contributed by atoms with Gasteiger partial charge in [0.1, 0.15) is 22.7 Å². The van der Waals surface area contributed by atoms with Crippen LogP contribution < -0.4 is 5.32 Å². The Bertz CT molecular complexity index is 1170. The molecule has 2 aromatic heterocycles. The van der Waals surface area contributed by atoms with Gasteiger partial charge in [0.15, 0.2) is 0 Å². The maximum absolute atomic E-state index is 13.2. The van der Waals surface area contributed by atoms with Crippen LogP contribution in [0.3, 0.4) is 0 Å². The molecule has 2 heterocycles. The number of aromatic nitrogens is 3. The maximum atomic E-state index is 13.2. The number of alkyl carbamates (subject to hydrolysis) is 1. The predicted octanol–water partition coefficient (Wildman–Crippen LogP) is 4.18. The number of hydrogen-bond acceptors (Lipinski definition) is 6. The number of hydrogen-bond donors (Lipinski definition) is 1. The summed E-state index contributed by atoms with van der Waals surface area (Å²) < 4.78 is 23.9. The minimum absolute atomic E-state index is 0.317. The van der Waals surface area contributed by atoms with E-state index in [0.717, 1.165) is 0 Å². The van der Waals surface area contributed by atoms with Crippen LogP contribution in [0.15, 0.2) is 47.1 Å². The second-order valence-electron chi connectivity index (χ2n) is 8.32. The summed E-state index contributed by atoms with van der Waals surface area (Å²) in [5.74, 6) is 6.15. The standard InChI is InChI=1S/C23H21FN4O3/c1-22(2,3)30-21(29)27-23(11-12-23)20-26-19(28-31-20)18-10-9-16(14-25-18)8-7-15-5-4-6-17(24)13-15/h4-6,9-10,13-14H,11-12H2,1-3H3,(H,27,29). The SMILES string of the molecule is CC(C)(C)OC(=O)NC1(c2nc(-c3ccc(C#Cc4cccc(F)c4)cn3)no2)CC1. The molecule has 0 saturated heterocycles. The van der Waals surface area contributed by atoms with Crippen molar-refractivity contribution in [2.75, 3.05) is 0 Å². The van der Waals surface area contributed by atoms with Crippen molar-refractivity contribution in [2.24, 2.45) is 0 Å². The predicted molar refractivity (Wildman–Crippen MR) is 110 cm³/mol. The van der Waals surface area contributed by atoms with Gasteiger partial charge in [-0.05, 0) is 63.9 Å². The van der Waals surface area contributed by atoms with E-state index in [9.17, 15) is 9.18 Å². The van der Waals surface area contributed by atoms with Crippen molar-refractivity contribution in [3.8, 4) is 23.4 Å². The van der Waals surface area contributed by atoms with Crippen LogP contribution in [0.2, 0.25) is 0 Å². The number of pyridine rings is 1. The summed E-state index contributed by atoms with van der Waals surface area (Å²) in [6, 6.07) is 9.59. The lowest BCUT2D eigenvalue weighted by molar-refractivity contribution is 0.0483. The molecule has 1 fully saturated rings. The summed E-state index contributed by atoms with van der Waals surface area (Å²) in [6.07, 6.45) is 2.44. The van der Waals surface area contributed by atoms with Crippen molar-refractivity contribution >= 4 is 6.09 Å². The van der Waals surface area contributed by atoms with E-state index in [2.05, 4.69) is 32.3 Å². The van der Waals surface area contributed by atoms with E-state index < -0.39 is 17.2 Å². The third-order valence-electron chi connectivity index (χ3n) is 4.49. The molecule has 1 aliphatic rings. The van der Waals surface area contributed by atoms with Crippen LogP contribution >= 0.6 is 0 Å². The van der Waals surface area contributed by atoms with Gasteiger partial charge >= 0.3 is 6.09 Å². The zero-order valence-corrected chi connectivity index (χ0v) is 17.4. The molecule has 1 aliphatic carbocycles. The lowest BCUT2D eigenvalue weighted by Crippen LogP contribution is -2.39. The monoisotopic (exact) mass is 420 g/mol. The average molecular weight is 420 g/mol. The van der Waals surface area contributed by atoms with Gasteiger partial charge in [0, 0.05) is 17.3 Å². The first-order valence-corrected chi connectivity index (χ1v) is 9.82. The molecule has 0 bridgehead atoms. The van der Waals surface area contributed by atoms with Crippen LogP contribution in [-0.4, -0.2) is 26.8 Å². The van der Waals surface area contributed by atoms with Crippen LogP contribution in [0.1, 0.15) is 50.6 Å². The molecule has 158 valence electrons. The number of halogens is 1. The first-order chi connectivity index (χ1) is 14.7. The molecule has 3 aromatic rings. The number of carbonyl (C=O) groups is 1. The van der Waals surface area contributed by atoms with Gasteiger partial charge in [0.25, 0.3) is 5.89 Å². The second kappa shape index (κ2) is 7.84. The van der Waals surface area contributed by atoms with Crippen LogP contribution in [0.4, 0.5) is 9.18 Å². The molecular weight excluding hydrogens is 399 g/mol. The van der Waals surface area contributed by atoms with Crippen molar-refractivity contribution in [1.29, 1.82) is 0 Å². The lowest BCUT2D eigenvalue weighted by Gasteiger charge is -2.21. The normalized spacial score (nSPS) is 14.3. The summed E-state index contributed by atoms with van der Waals surface area (Å²) in [4.78, 5) is 20.9. The molecule has 8 heteroatoms. The summed E-state index contributed by atoms with van der Waals surface area (Å²) in [7, 11) is 0. The van der Waals surface area contributed by atoms with Gasteiger partial charge in [0.2, 0.25) is 5.82 Å². The molecule has 1 N–H and O–H groups in total. The summed E-state index contributed by atoms with van der Waals surface area (Å²) in [5.41, 5.74) is 0.480. The number of benzene rings is 1. The van der Waals surface area contributed by atoms with Crippen LogP contribution in [0.25, 0.3) is 11.5 Å². The number of amides is 1. The Hall–Kier alpha value is -3.73. The molecule has 0 radical (unpaired) electrons. The van der Waals surface area contributed by atoms with Gasteiger partial charge in [-0.15, -0.1) is 0 Å². The highest BCUT2D eigenvalue weighted by molar-refractivity contribution is 5.69. The van der Waals surface area contributed by atoms with Gasteiger partial charge in [-0.3, -0.25) is 4.98 Å². The quantitative estimate of drug-likeness (QED) is 0.639. The molecule has 1 amide bonds. The van der Waals surface area contributed by atoms with Crippen molar-refractivity contribution in [3.05, 3.63) is 65.4 Å². The van der Waals surface area contributed by atoms with Crippen molar-refractivity contribution in [2.45, 2.75) is 44.8 Å². The van der Waals surface area contributed by atoms with Crippen molar-refractivity contribution in [1.82, 2.24) is 20.4 Å². The molecule has 0 aliphatic heterocycles. The van der Waals surface area contributed by atoms with Gasteiger partial charge in [-0.2, -0.15) is 4.98 Å². The molecule has 31 heavy (non-hydrogen) atoms. The highest BCUT2D eigenvalue weighted by Gasteiger charge is 2.51. The van der Waals surface area contributed by atoms with E-state index in [1.807, 2.05) is 0 Å². The highest BCUT2D eigenvalue weighted by Crippen LogP contribution is 2.45. The smallest absolute Gasteiger partial charge is 0.408 e. The Balaban J connectivity index is 1.45. The van der Waals surface area contributed by atoms with Crippen molar-refractivity contribution in [3.63, 3.8) is 0 Å². The first kappa shape index (κ1) is 20.5. The molecule has 7 nitrogen and oxygen atoms in total. The largest absolute Gasteiger partial charge is 0.444 e. The summed E-state index contributed by atoms with van der Waals surface area (Å²) in [5, 5.41) is 6.82. The van der Waals surface area contributed by atoms with Gasteiger partial charge in [-0.25, -0.2) is 9.18 Å². The summed E-state index contributed by atoms with van der Waals surface area (Å²) >= 11 is 0. The van der Waals surface area contributed by atoms with Crippen LogP contribution in [-0.2, 0) is 10.3 Å². The average Bonchev–Trinajstić information content (AvgIpc) is 3.29. The van der Waals surface area contributed by atoms with E-state index in [1.165, 1.54) is 12.1 Å². The van der Waals surface area contributed by atoms with Crippen LogP contribution in [0.5, 0.6) is 0 Å². The third kappa shape index (κ3) is 5.07. The Morgan fingerprint density at radius 2 is 1.97 bits per heavy atom. The van der Waals surface area contributed by atoms with E-state index in [0.29, 0.717) is 41.4 Å². The van der Waals surface area contributed by atoms with Crippen molar-refractivity contribution < 1.29 is 18.4 Å². The summed E-state index contributed by atoms with van der Waals surface area (Å²) in [6.45, 7) is 5.40. The fourth-order valence-corrected chi connectivity index (χ4v) is 2.85. The van der Waals surface area contributed by atoms with Gasteiger partial charge in [0.05, 0.1) is 0 Å². The molecule has 1 aromatic carbocycles. The zero-order valence-electron chi connectivity index (χ0n) is 17.4. The topological polar surface area (TPSA) is 90.1 Å². The van der Waals surface area contributed by atoms with Gasteiger partial charge in [-0.1, -0.05) is 23.1 Å². The maximum Gasteiger partial charge on any atom is 0.408 e. The van der Waals surface area contributed by atoms with E-state index >= 15 is 0 Å². The minimum atomic E-state index is -0.691. The first-order valence-electron chi connectivity index (χ1n) is 9.82. The third-order valence-corrected chi connectivity index (χ3v) is 4.49. The number of carbonyl (C=O) groups excluding carboxylic acids is 1. The molecule has 0 atom stereocenters. The Kier molecular flexibility index (Phi) is 5.19. The van der Waals surface area contributed by atoms with E-state index in [4.69, 9.17) is 9.26 Å². The van der Waals surface area contributed by atoms with E-state index in [1.54, 1.807) is 51.2 Å². The number of nitrogens with one attached hydrogen (secondary N) is 1. The zero-order chi connectivity index (χ0) is 22.1. The lowest BCUT2D eigenvalue weighted by atomic mass is 10.2. The molecule has 4 rings (SSSR count). The van der Waals surface area contributed by atoms with E-state index in [-0.39, 0.29) is 5.82 Å². The van der Waals surface area contributed by atoms with Crippen LogP contribution in [0, 0.1) is 17.7 Å². The fraction of sp³-hybridized carbons (Fsp3) is 0.304. The number of rotatable bonds is 3. The Labute approximate surface area is 179 Å². The van der Waals surface area contributed by atoms with Gasteiger partial charge < -0.3 is 14.6 Å². The molecular formula is C23H21FN4O3. The second-order valence-corrected chi connectivity index (χ2v) is 8.32. The molecule has 0 spiro atoms.